The first-order chi connectivity index (χ1) is 18.2. The molecule has 0 saturated carbocycles. The molecule has 0 unspecified atom stereocenters. The standard InChI is InChI=1S/C33H40O4/c1-3-13-30-14-9-10-15-32(30)37-26-27-16-18-28(19-17-27)29-20-22-31(23-21-29)35-24-11-7-5-6-8-12-25-36-33(34)4-2/h4,9-10,14-23H,2-3,5-8,11-13,24-26H2,1H3. The molecule has 0 fully saturated rings. The molecule has 0 heterocycles. The van der Waals surface area contributed by atoms with Gasteiger partial charge in [-0.05, 0) is 59.7 Å². The molecule has 0 radical (unpaired) electrons. The number of para-hydroxylation sites is 1. The Labute approximate surface area is 222 Å². The Kier molecular flexibility index (Phi) is 12.3. The van der Waals surface area contributed by atoms with Gasteiger partial charge in [0.2, 0.25) is 0 Å². The zero-order chi connectivity index (χ0) is 26.1. The highest BCUT2D eigenvalue weighted by molar-refractivity contribution is 5.81. The molecular weight excluding hydrogens is 460 g/mol. The van der Waals surface area contributed by atoms with Crippen molar-refractivity contribution in [3.63, 3.8) is 0 Å². The summed E-state index contributed by atoms with van der Waals surface area (Å²) >= 11 is 0. The quantitative estimate of drug-likeness (QED) is 0.106. The van der Waals surface area contributed by atoms with E-state index in [4.69, 9.17) is 14.2 Å². The molecule has 3 aromatic carbocycles. The summed E-state index contributed by atoms with van der Waals surface area (Å²) in [4.78, 5) is 11.0. The van der Waals surface area contributed by atoms with E-state index < -0.39 is 0 Å². The molecule has 0 spiro atoms. The lowest BCUT2D eigenvalue weighted by molar-refractivity contribution is -0.137. The van der Waals surface area contributed by atoms with Crippen molar-refractivity contribution in [3.8, 4) is 22.6 Å². The highest BCUT2D eigenvalue weighted by atomic mass is 16.5. The van der Waals surface area contributed by atoms with Crippen LogP contribution in [0.1, 0.15) is 63.0 Å². The zero-order valence-corrected chi connectivity index (χ0v) is 22.1. The highest BCUT2D eigenvalue weighted by Gasteiger charge is 2.04. The fourth-order valence-corrected chi connectivity index (χ4v) is 4.15. The fourth-order valence-electron chi connectivity index (χ4n) is 4.15. The Hall–Kier alpha value is -3.53. The molecule has 0 aliphatic carbocycles. The summed E-state index contributed by atoms with van der Waals surface area (Å²) in [6, 6.07) is 25.2. The van der Waals surface area contributed by atoms with Gasteiger partial charge in [0, 0.05) is 6.08 Å². The van der Waals surface area contributed by atoms with Crippen molar-refractivity contribution in [2.75, 3.05) is 13.2 Å². The van der Waals surface area contributed by atoms with E-state index in [0.29, 0.717) is 13.2 Å². The molecule has 0 N–H and O–H groups in total. The average molecular weight is 501 g/mol. The second-order valence-corrected chi connectivity index (χ2v) is 9.21. The normalized spacial score (nSPS) is 10.6. The molecule has 0 atom stereocenters. The number of carbonyl (C=O) groups is 1. The lowest BCUT2D eigenvalue weighted by Crippen LogP contribution is -2.01. The third kappa shape index (κ3) is 10.2. The van der Waals surface area contributed by atoms with Crippen LogP contribution in [0.2, 0.25) is 0 Å². The number of ether oxygens (including phenoxy) is 3. The minimum absolute atomic E-state index is 0.339. The van der Waals surface area contributed by atoms with Crippen LogP contribution in [0.4, 0.5) is 0 Å². The van der Waals surface area contributed by atoms with Crippen molar-refractivity contribution in [1.29, 1.82) is 0 Å². The van der Waals surface area contributed by atoms with Gasteiger partial charge in [-0.25, -0.2) is 4.79 Å². The number of hydrogen-bond acceptors (Lipinski definition) is 4. The van der Waals surface area contributed by atoms with Crippen LogP contribution in [0.3, 0.4) is 0 Å². The summed E-state index contributed by atoms with van der Waals surface area (Å²) in [5.41, 5.74) is 4.78. The Morgan fingerprint density at radius 3 is 2.05 bits per heavy atom. The van der Waals surface area contributed by atoms with Gasteiger partial charge in [-0.15, -0.1) is 0 Å². The van der Waals surface area contributed by atoms with Gasteiger partial charge in [0.25, 0.3) is 0 Å². The van der Waals surface area contributed by atoms with Gasteiger partial charge in [0.05, 0.1) is 13.2 Å². The minimum Gasteiger partial charge on any atom is -0.494 e. The summed E-state index contributed by atoms with van der Waals surface area (Å²) in [5, 5.41) is 0. The second-order valence-electron chi connectivity index (χ2n) is 9.21. The Morgan fingerprint density at radius 1 is 0.757 bits per heavy atom. The first kappa shape index (κ1) is 28.0. The zero-order valence-electron chi connectivity index (χ0n) is 22.1. The van der Waals surface area contributed by atoms with Crippen LogP contribution in [0.5, 0.6) is 11.5 Å². The van der Waals surface area contributed by atoms with Gasteiger partial charge in [-0.1, -0.05) is 100 Å². The molecule has 0 bridgehead atoms. The summed E-state index contributed by atoms with van der Waals surface area (Å²) in [5.74, 6) is 1.55. The largest absolute Gasteiger partial charge is 0.494 e. The molecule has 0 amide bonds. The van der Waals surface area contributed by atoms with Gasteiger partial charge in [0.15, 0.2) is 0 Å². The molecule has 0 aromatic heterocycles. The van der Waals surface area contributed by atoms with Crippen molar-refractivity contribution in [1.82, 2.24) is 0 Å². The topological polar surface area (TPSA) is 44.8 Å². The Morgan fingerprint density at radius 2 is 1.38 bits per heavy atom. The molecule has 0 saturated heterocycles. The van der Waals surface area contributed by atoms with Crippen LogP contribution in [-0.4, -0.2) is 19.2 Å². The second kappa shape index (κ2) is 16.3. The van der Waals surface area contributed by atoms with Crippen LogP contribution >= 0.6 is 0 Å². The monoisotopic (exact) mass is 500 g/mol. The minimum atomic E-state index is -0.339. The van der Waals surface area contributed by atoms with Crippen molar-refractivity contribution in [3.05, 3.63) is 96.6 Å². The summed E-state index contributed by atoms with van der Waals surface area (Å²) in [6.45, 7) is 7.36. The van der Waals surface area contributed by atoms with Crippen LogP contribution in [0.25, 0.3) is 11.1 Å². The van der Waals surface area contributed by atoms with Crippen molar-refractivity contribution in [2.45, 2.75) is 64.9 Å². The molecule has 3 rings (SSSR count). The van der Waals surface area contributed by atoms with Crippen LogP contribution in [0, 0.1) is 0 Å². The number of carbonyl (C=O) groups excluding carboxylic acids is 1. The molecule has 0 aliphatic heterocycles. The fraction of sp³-hybridized carbons (Fsp3) is 0.364. The van der Waals surface area contributed by atoms with E-state index in [1.165, 1.54) is 29.2 Å². The first-order valence-electron chi connectivity index (χ1n) is 13.5. The van der Waals surface area contributed by atoms with Gasteiger partial charge >= 0.3 is 5.97 Å². The molecule has 4 heteroatoms. The van der Waals surface area contributed by atoms with E-state index in [2.05, 4.69) is 68.1 Å². The van der Waals surface area contributed by atoms with Crippen LogP contribution < -0.4 is 9.47 Å². The van der Waals surface area contributed by atoms with Crippen molar-refractivity contribution >= 4 is 5.97 Å². The number of benzene rings is 3. The Balaban J connectivity index is 1.33. The van der Waals surface area contributed by atoms with Gasteiger partial charge in [0.1, 0.15) is 18.1 Å². The summed E-state index contributed by atoms with van der Waals surface area (Å²) < 4.78 is 17.0. The molecular formula is C33H40O4. The van der Waals surface area contributed by atoms with E-state index in [1.807, 2.05) is 18.2 Å². The van der Waals surface area contributed by atoms with Crippen LogP contribution in [-0.2, 0) is 22.6 Å². The van der Waals surface area contributed by atoms with E-state index >= 15 is 0 Å². The van der Waals surface area contributed by atoms with Gasteiger partial charge in [-0.3, -0.25) is 0 Å². The maximum Gasteiger partial charge on any atom is 0.330 e. The predicted octanol–water partition coefficient (Wildman–Crippen LogP) is 8.33. The number of rotatable bonds is 17. The molecule has 3 aromatic rings. The van der Waals surface area contributed by atoms with E-state index in [0.717, 1.165) is 68.6 Å². The Bertz CT molecular complexity index is 1070. The predicted molar refractivity (Wildman–Crippen MR) is 151 cm³/mol. The van der Waals surface area contributed by atoms with Crippen molar-refractivity contribution in [2.24, 2.45) is 0 Å². The number of unbranched alkanes of at least 4 members (excludes halogenated alkanes) is 5. The van der Waals surface area contributed by atoms with Gasteiger partial charge < -0.3 is 14.2 Å². The van der Waals surface area contributed by atoms with E-state index in [9.17, 15) is 4.79 Å². The maximum atomic E-state index is 11.0. The SMILES string of the molecule is C=CC(=O)OCCCCCCCCOc1ccc(-c2ccc(COc3ccccc3CCC)cc2)cc1. The first-order valence-corrected chi connectivity index (χ1v) is 13.5. The van der Waals surface area contributed by atoms with E-state index in [1.54, 1.807) is 0 Å². The third-order valence-corrected chi connectivity index (χ3v) is 6.25. The molecule has 4 nitrogen and oxygen atoms in total. The lowest BCUT2D eigenvalue weighted by atomic mass is 10.0. The number of esters is 1. The molecule has 37 heavy (non-hydrogen) atoms. The third-order valence-electron chi connectivity index (χ3n) is 6.25. The van der Waals surface area contributed by atoms with Crippen molar-refractivity contribution < 1.29 is 19.0 Å². The molecule has 0 aliphatic rings. The maximum absolute atomic E-state index is 11.0. The average Bonchev–Trinajstić information content (AvgIpc) is 2.94. The summed E-state index contributed by atoms with van der Waals surface area (Å²) in [7, 11) is 0. The number of hydrogen-bond donors (Lipinski definition) is 0. The highest BCUT2D eigenvalue weighted by Crippen LogP contribution is 2.25. The smallest absolute Gasteiger partial charge is 0.330 e. The molecule has 196 valence electrons. The van der Waals surface area contributed by atoms with E-state index in [-0.39, 0.29) is 5.97 Å². The number of aryl methyl sites for hydroxylation is 1. The lowest BCUT2D eigenvalue weighted by Gasteiger charge is -2.11. The van der Waals surface area contributed by atoms with Gasteiger partial charge in [-0.2, -0.15) is 0 Å². The van der Waals surface area contributed by atoms with Crippen LogP contribution in [0.15, 0.2) is 85.5 Å². The summed E-state index contributed by atoms with van der Waals surface area (Å²) in [6.07, 6.45) is 9.84.